The monoisotopic (exact) mass is 237 g/mol. The van der Waals surface area contributed by atoms with Gasteiger partial charge in [-0.3, -0.25) is 0 Å². The lowest BCUT2D eigenvalue weighted by Crippen LogP contribution is -2.34. The number of hydrogen-bond donors (Lipinski definition) is 1. The minimum absolute atomic E-state index is 0.269. The topological polar surface area (TPSA) is 38.3 Å². The van der Waals surface area contributed by atoms with Gasteiger partial charge in [0.05, 0.1) is 0 Å². The zero-order chi connectivity index (χ0) is 9.78. The first-order valence-electron chi connectivity index (χ1n) is 3.92. The van der Waals surface area contributed by atoms with Gasteiger partial charge in [0.25, 0.3) is 0 Å². The van der Waals surface area contributed by atoms with Crippen LogP contribution in [0.2, 0.25) is 0 Å². The van der Waals surface area contributed by atoms with Crippen molar-refractivity contribution in [3.63, 3.8) is 0 Å². The Bertz CT molecular complexity index is 152. The summed E-state index contributed by atoms with van der Waals surface area (Å²) in [7, 11) is 0. The Labute approximate surface area is 82.0 Å². The smallest absolute Gasteiger partial charge is 0.407 e. The van der Waals surface area contributed by atoms with Crippen molar-refractivity contribution in [2.24, 2.45) is 0 Å². The Balaban J connectivity index is 3.61. The van der Waals surface area contributed by atoms with Crippen molar-refractivity contribution in [1.29, 1.82) is 0 Å². The summed E-state index contributed by atoms with van der Waals surface area (Å²) in [5.41, 5.74) is -0.417. The number of carbonyl (C=O) groups is 1. The maximum Gasteiger partial charge on any atom is 0.407 e. The predicted molar refractivity (Wildman–Crippen MR) is 52.6 cm³/mol. The van der Waals surface area contributed by atoms with E-state index in [1.807, 2.05) is 27.7 Å². The molecule has 0 aromatic carbocycles. The number of carbonyl (C=O) groups excluding carboxylic acids is 1. The molecule has 0 bridgehead atoms. The van der Waals surface area contributed by atoms with E-state index in [1.54, 1.807) is 0 Å². The van der Waals surface area contributed by atoms with Gasteiger partial charge in [-0.15, -0.1) is 0 Å². The summed E-state index contributed by atoms with van der Waals surface area (Å²) in [6.45, 7) is 8.05. The van der Waals surface area contributed by atoms with Crippen molar-refractivity contribution in [2.45, 2.75) is 38.1 Å². The molecule has 0 fully saturated rings. The van der Waals surface area contributed by atoms with Gasteiger partial charge < -0.3 is 10.1 Å². The van der Waals surface area contributed by atoms with Crippen LogP contribution in [0.1, 0.15) is 27.7 Å². The average molecular weight is 238 g/mol. The molecule has 0 spiro atoms. The van der Waals surface area contributed by atoms with Gasteiger partial charge in [-0.25, -0.2) is 4.79 Å². The summed E-state index contributed by atoms with van der Waals surface area (Å²) in [5, 5.41) is 2.63. The second kappa shape index (κ2) is 4.70. The minimum atomic E-state index is -0.417. The Hall–Kier alpha value is -0.250. The number of alkyl carbamates (subject to hydrolysis) is 1. The minimum Gasteiger partial charge on any atom is -0.444 e. The Morgan fingerprint density at radius 1 is 1.58 bits per heavy atom. The SMILES string of the molecule is C[C@@H](Br)CNC(=O)OC(C)(C)C. The van der Waals surface area contributed by atoms with Gasteiger partial charge in [0, 0.05) is 11.4 Å². The Morgan fingerprint density at radius 3 is 2.42 bits per heavy atom. The maximum atomic E-state index is 11.0. The average Bonchev–Trinajstić information content (AvgIpc) is 1.79. The van der Waals surface area contributed by atoms with Crippen molar-refractivity contribution in [3.8, 4) is 0 Å². The van der Waals surface area contributed by atoms with Crippen molar-refractivity contribution in [2.75, 3.05) is 6.54 Å². The van der Waals surface area contributed by atoms with Crippen LogP contribution in [-0.2, 0) is 4.74 Å². The van der Waals surface area contributed by atoms with E-state index in [1.165, 1.54) is 0 Å². The highest BCUT2D eigenvalue weighted by atomic mass is 79.9. The number of alkyl halides is 1. The quantitative estimate of drug-likeness (QED) is 0.749. The van der Waals surface area contributed by atoms with E-state index >= 15 is 0 Å². The molecule has 0 saturated heterocycles. The number of halogens is 1. The summed E-state index contributed by atoms with van der Waals surface area (Å²) < 4.78 is 5.02. The molecule has 4 heteroatoms. The normalized spacial score (nSPS) is 13.8. The Kier molecular flexibility index (Phi) is 4.60. The highest BCUT2D eigenvalue weighted by Gasteiger charge is 2.15. The van der Waals surface area contributed by atoms with Crippen LogP contribution in [-0.4, -0.2) is 23.1 Å². The molecule has 0 aliphatic carbocycles. The first-order valence-corrected chi connectivity index (χ1v) is 4.84. The zero-order valence-corrected chi connectivity index (χ0v) is 9.56. The molecule has 1 atom stereocenters. The maximum absolute atomic E-state index is 11.0. The third-order valence-electron chi connectivity index (χ3n) is 0.927. The molecular weight excluding hydrogens is 222 g/mol. The van der Waals surface area contributed by atoms with Crippen molar-refractivity contribution < 1.29 is 9.53 Å². The van der Waals surface area contributed by atoms with Crippen LogP contribution in [0.4, 0.5) is 4.79 Å². The first-order chi connectivity index (χ1) is 5.31. The molecule has 0 aliphatic heterocycles. The van der Waals surface area contributed by atoms with Crippen LogP contribution >= 0.6 is 15.9 Å². The van der Waals surface area contributed by atoms with E-state index in [4.69, 9.17) is 4.74 Å². The van der Waals surface area contributed by atoms with Crippen molar-refractivity contribution in [3.05, 3.63) is 0 Å². The molecule has 0 saturated carbocycles. The molecule has 0 aliphatic rings. The standard InChI is InChI=1S/C8H16BrNO2/c1-6(9)5-10-7(11)12-8(2,3)4/h6H,5H2,1-4H3,(H,10,11)/t6-/m1/s1. The van der Waals surface area contributed by atoms with Gasteiger partial charge in [0.2, 0.25) is 0 Å². The summed E-state index contributed by atoms with van der Waals surface area (Å²) in [6.07, 6.45) is -0.367. The molecule has 0 heterocycles. The van der Waals surface area contributed by atoms with Gasteiger partial charge in [-0.2, -0.15) is 0 Å². The predicted octanol–water partition coefficient (Wildman–Crippen LogP) is 2.29. The molecule has 3 nitrogen and oxygen atoms in total. The molecule has 1 amide bonds. The number of ether oxygens (including phenoxy) is 1. The van der Waals surface area contributed by atoms with Crippen LogP contribution in [0.25, 0.3) is 0 Å². The van der Waals surface area contributed by atoms with Gasteiger partial charge >= 0.3 is 6.09 Å². The largest absolute Gasteiger partial charge is 0.444 e. The van der Waals surface area contributed by atoms with E-state index in [-0.39, 0.29) is 10.9 Å². The summed E-state index contributed by atoms with van der Waals surface area (Å²) in [4.78, 5) is 11.3. The van der Waals surface area contributed by atoms with Crippen molar-refractivity contribution in [1.82, 2.24) is 5.32 Å². The molecule has 0 unspecified atom stereocenters. The van der Waals surface area contributed by atoms with E-state index in [2.05, 4.69) is 21.2 Å². The van der Waals surface area contributed by atoms with Crippen LogP contribution in [0, 0.1) is 0 Å². The molecule has 0 aromatic heterocycles. The lowest BCUT2D eigenvalue weighted by Gasteiger charge is -2.19. The number of hydrogen-bond acceptors (Lipinski definition) is 2. The second-order valence-electron chi connectivity index (χ2n) is 3.66. The summed E-state index contributed by atoms with van der Waals surface area (Å²) in [6, 6.07) is 0. The highest BCUT2D eigenvalue weighted by molar-refractivity contribution is 9.09. The van der Waals surface area contributed by atoms with Gasteiger partial charge in [0.15, 0.2) is 0 Å². The van der Waals surface area contributed by atoms with Crippen molar-refractivity contribution >= 4 is 22.0 Å². The van der Waals surface area contributed by atoms with Gasteiger partial charge in [-0.05, 0) is 20.8 Å². The Morgan fingerprint density at radius 2 is 2.08 bits per heavy atom. The third kappa shape index (κ3) is 7.85. The molecule has 1 N–H and O–H groups in total. The van der Waals surface area contributed by atoms with Crippen LogP contribution in [0.3, 0.4) is 0 Å². The molecule has 72 valence electrons. The third-order valence-corrected chi connectivity index (χ3v) is 1.25. The second-order valence-corrected chi connectivity index (χ2v) is 5.23. The van der Waals surface area contributed by atoms with Gasteiger partial charge in [0.1, 0.15) is 5.60 Å². The van der Waals surface area contributed by atoms with Crippen LogP contribution in [0.5, 0.6) is 0 Å². The fourth-order valence-electron chi connectivity index (χ4n) is 0.538. The zero-order valence-electron chi connectivity index (χ0n) is 7.98. The summed E-state index contributed by atoms with van der Waals surface area (Å²) >= 11 is 3.31. The fourth-order valence-corrected chi connectivity index (χ4v) is 0.700. The van der Waals surface area contributed by atoms with E-state index in [9.17, 15) is 4.79 Å². The molecule has 0 aromatic rings. The van der Waals surface area contributed by atoms with Gasteiger partial charge in [-0.1, -0.05) is 22.9 Å². The number of amides is 1. The fraction of sp³-hybridized carbons (Fsp3) is 0.875. The van der Waals surface area contributed by atoms with Crippen LogP contribution < -0.4 is 5.32 Å². The van der Waals surface area contributed by atoms with Crippen LogP contribution in [0.15, 0.2) is 0 Å². The number of nitrogens with one attached hydrogen (secondary N) is 1. The molecular formula is C8H16BrNO2. The molecule has 12 heavy (non-hydrogen) atoms. The number of rotatable bonds is 2. The highest BCUT2D eigenvalue weighted by Crippen LogP contribution is 2.06. The summed E-state index contributed by atoms with van der Waals surface area (Å²) in [5.74, 6) is 0. The molecule has 0 radical (unpaired) electrons. The van der Waals surface area contributed by atoms with E-state index < -0.39 is 5.60 Å². The lowest BCUT2D eigenvalue weighted by atomic mass is 10.2. The lowest BCUT2D eigenvalue weighted by molar-refractivity contribution is 0.0529. The van der Waals surface area contributed by atoms with E-state index in [0.29, 0.717) is 6.54 Å². The van der Waals surface area contributed by atoms with E-state index in [0.717, 1.165) is 0 Å². The molecule has 0 rings (SSSR count). The first kappa shape index (κ1) is 11.8.